The first-order valence-corrected chi connectivity index (χ1v) is 12.5. The summed E-state index contributed by atoms with van der Waals surface area (Å²) in [5, 5.41) is 0. The monoisotopic (exact) mass is 488 g/mol. The van der Waals surface area contributed by atoms with Gasteiger partial charge in [-0.05, 0) is 36.4 Å². The van der Waals surface area contributed by atoms with E-state index in [0.29, 0.717) is 24.3 Å². The molecule has 0 N–H and O–H groups in total. The zero-order valence-corrected chi connectivity index (χ0v) is 20.0. The second-order valence-corrected chi connectivity index (χ2v) is 9.60. The number of hydrogen-bond donors (Lipinski definition) is 0. The Morgan fingerprint density at radius 3 is 2.21 bits per heavy atom. The molecular weight excluding hydrogens is 460 g/mol. The molecule has 1 fully saturated rings. The number of benzene rings is 2. The van der Waals surface area contributed by atoms with E-state index in [1.165, 1.54) is 21.3 Å². The number of rotatable bonds is 10. The fourth-order valence-electron chi connectivity index (χ4n) is 3.68. The number of carbonyl (C=O) groups excluding carboxylic acids is 3. The standard InChI is InChI=1S/C24H28N2O7S/c1-3-25(4-2)34(30,31)21-12-10-20(11-13-21)26-17-19(16-22(26)27)24(29)33-15-14-32-23(28)18-8-6-5-7-9-18/h5-13,19H,3-4,14-17H2,1-2H3. The maximum absolute atomic E-state index is 12.6. The lowest BCUT2D eigenvalue weighted by atomic mass is 10.1. The number of amides is 1. The molecule has 1 amide bonds. The second-order valence-electron chi connectivity index (χ2n) is 7.66. The molecule has 1 aliphatic heterocycles. The van der Waals surface area contributed by atoms with Crippen molar-refractivity contribution in [1.82, 2.24) is 4.31 Å². The summed E-state index contributed by atoms with van der Waals surface area (Å²) in [6.07, 6.45) is -0.0118. The topological polar surface area (TPSA) is 110 Å². The molecular formula is C24H28N2O7S. The third-order valence-corrected chi connectivity index (χ3v) is 7.58. The molecule has 182 valence electrons. The van der Waals surface area contributed by atoms with E-state index >= 15 is 0 Å². The minimum absolute atomic E-state index is 0.0118. The number of hydrogen-bond acceptors (Lipinski definition) is 7. The van der Waals surface area contributed by atoms with E-state index in [0.717, 1.165) is 0 Å². The van der Waals surface area contributed by atoms with Crippen LogP contribution in [0.1, 0.15) is 30.6 Å². The third-order valence-electron chi connectivity index (χ3n) is 5.52. The van der Waals surface area contributed by atoms with Gasteiger partial charge in [-0.1, -0.05) is 32.0 Å². The van der Waals surface area contributed by atoms with Gasteiger partial charge in [-0.2, -0.15) is 4.31 Å². The van der Waals surface area contributed by atoms with Crippen LogP contribution in [0.15, 0.2) is 59.5 Å². The summed E-state index contributed by atoms with van der Waals surface area (Å²) in [6, 6.07) is 14.5. The van der Waals surface area contributed by atoms with Gasteiger partial charge in [0.25, 0.3) is 0 Å². The minimum atomic E-state index is -3.60. The molecule has 2 aromatic carbocycles. The SMILES string of the molecule is CCN(CC)S(=O)(=O)c1ccc(N2CC(C(=O)OCCOC(=O)c3ccccc3)CC2=O)cc1. The molecule has 2 aromatic rings. The molecule has 10 heteroatoms. The molecule has 0 spiro atoms. The van der Waals surface area contributed by atoms with E-state index in [1.54, 1.807) is 56.3 Å². The van der Waals surface area contributed by atoms with Crippen LogP contribution in [0, 0.1) is 5.92 Å². The van der Waals surface area contributed by atoms with E-state index in [1.807, 2.05) is 0 Å². The molecule has 0 radical (unpaired) electrons. The van der Waals surface area contributed by atoms with Crippen molar-refractivity contribution >= 4 is 33.6 Å². The number of sulfonamides is 1. The Kier molecular flexibility index (Phi) is 8.41. The number of ether oxygens (including phenoxy) is 2. The molecule has 1 aliphatic rings. The Morgan fingerprint density at radius 2 is 1.59 bits per heavy atom. The van der Waals surface area contributed by atoms with Gasteiger partial charge in [-0.25, -0.2) is 13.2 Å². The molecule has 0 aliphatic carbocycles. The van der Waals surface area contributed by atoms with Crippen LogP contribution in [0.5, 0.6) is 0 Å². The van der Waals surface area contributed by atoms with Crippen LogP contribution >= 0.6 is 0 Å². The van der Waals surface area contributed by atoms with Crippen molar-refractivity contribution in [2.75, 3.05) is 37.7 Å². The highest BCUT2D eigenvalue weighted by Crippen LogP contribution is 2.27. The van der Waals surface area contributed by atoms with Crippen molar-refractivity contribution in [3.8, 4) is 0 Å². The zero-order valence-electron chi connectivity index (χ0n) is 19.2. The maximum atomic E-state index is 12.6. The van der Waals surface area contributed by atoms with Gasteiger partial charge < -0.3 is 14.4 Å². The van der Waals surface area contributed by atoms with Crippen LogP contribution in [0.3, 0.4) is 0 Å². The van der Waals surface area contributed by atoms with Crippen molar-refractivity contribution in [2.45, 2.75) is 25.2 Å². The van der Waals surface area contributed by atoms with Gasteiger partial charge in [-0.3, -0.25) is 9.59 Å². The number of carbonyl (C=O) groups is 3. The lowest BCUT2D eigenvalue weighted by Crippen LogP contribution is -2.30. The predicted molar refractivity (Wildman–Crippen MR) is 125 cm³/mol. The first-order chi connectivity index (χ1) is 16.3. The van der Waals surface area contributed by atoms with Crippen molar-refractivity contribution in [3.63, 3.8) is 0 Å². The van der Waals surface area contributed by atoms with Gasteiger partial charge >= 0.3 is 11.9 Å². The van der Waals surface area contributed by atoms with Crippen molar-refractivity contribution < 1.29 is 32.3 Å². The normalized spacial score (nSPS) is 16.0. The van der Waals surface area contributed by atoms with Crippen molar-refractivity contribution in [3.05, 3.63) is 60.2 Å². The van der Waals surface area contributed by atoms with E-state index in [2.05, 4.69) is 0 Å². The van der Waals surface area contributed by atoms with Crippen LogP contribution in [-0.4, -0.2) is 63.4 Å². The van der Waals surface area contributed by atoms with E-state index in [4.69, 9.17) is 9.47 Å². The van der Waals surface area contributed by atoms with Crippen molar-refractivity contribution in [1.29, 1.82) is 0 Å². The summed E-state index contributed by atoms with van der Waals surface area (Å²) in [4.78, 5) is 38.3. The van der Waals surface area contributed by atoms with Crippen LogP contribution in [-0.2, 0) is 29.1 Å². The van der Waals surface area contributed by atoms with Gasteiger partial charge in [-0.15, -0.1) is 0 Å². The molecule has 0 saturated carbocycles. The highest BCUT2D eigenvalue weighted by molar-refractivity contribution is 7.89. The Balaban J connectivity index is 1.52. The predicted octanol–water partition coefficient (Wildman–Crippen LogP) is 2.47. The van der Waals surface area contributed by atoms with Crippen LogP contribution in [0.4, 0.5) is 5.69 Å². The summed E-state index contributed by atoms with van der Waals surface area (Å²) in [7, 11) is -3.60. The quantitative estimate of drug-likeness (QED) is 0.373. The van der Waals surface area contributed by atoms with Gasteiger partial charge in [0.2, 0.25) is 15.9 Å². The maximum Gasteiger partial charge on any atom is 0.338 e. The molecule has 1 unspecified atom stereocenters. The molecule has 1 saturated heterocycles. The summed E-state index contributed by atoms with van der Waals surface area (Å²) in [5.41, 5.74) is 0.914. The van der Waals surface area contributed by atoms with Crippen LogP contribution in [0.25, 0.3) is 0 Å². The van der Waals surface area contributed by atoms with Gasteiger partial charge in [0.1, 0.15) is 13.2 Å². The minimum Gasteiger partial charge on any atom is -0.462 e. The largest absolute Gasteiger partial charge is 0.462 e. The van der Waals surface area contributed by atoms with Gasteiger partial charge in [0.15, 0.2) is 0 Å². The van der Waals surface area contributed by atoms with Gasteiger partial charge in [0, 0.05) is 31.7 Å². The van der Waals surface area contributed by atoms with Crippen LogP contribution in [0.2, 0.25) is 0 Å². The molecule has 0 bridgehead atoms. The summed E-state index contributed by atoms with van der Waals surface area (Å²) < 4.78 is 36.9. The first kappa shape index (κ1) is 25.4. The molecule has 1 heterocycles. The Hall–Kier alpha value is -3.24. The van der Waals surface area contributed by atoms with Crippen LogP contribution < -0.4 is 4.90 Å². The summed E-state index contributed by atoms with van der Waals surface area (Å²) in [6.45, 7) is 4.19. The average molecular weight is 489 g/mol. The van der Waals surface area contributed by atoms with E-state index < -0.39 is 27.9 Å². The Morgan fingerprint density at radius 1 is 0.971 bits per heavy atom. The molecule has 1 atom stereocenters. The lowest BCUT2D eigenvalue weighted by Gasteiger charge is -2.20. The van der Waals surface area contributed by atoms with Gasteiger partial charge in [0.05, 0.1) is 16.4 Å². The Labute approximate surface area is 199 Å². The first-order valence-electron chi connectivity index (χ1n) is 11.1. The second kappa shape index (κ2) is 11.3. The molecule has 9 nitrogen and oxygen atoms in total. The number of nitrogens with zero attached hydrogens (tertiary/aromatic N) is 2. The van der Waals surface area contributed by atoms with E-state index in [-0.39, 0.29) is 37.0 Å². The fourth-order valence-corrected chi connectivity index (χ4v) is 5.14. The highest BCUT2D eigenvalue weighted by atomic mass is 32.2. The molecule has 0 aromatic heterocycles. The van der Waals surface area contributed by atoms with E-state index in [9.17, 15) is 22.8 Å². The molecule has 3 rings (SSSR count). The average Bonchev–Trinajstić information content (AvgIpc) is 3.24. The Bertz CT molecular complexity index is 1110. The van der Waals surface area contributed by atoms with Crippen molar-refractivity contribution in [2.24, 2.45) is 5.92 Å². The summed E-state index contributed by atoms with van der Waals surface area (Å²) in [5.74, 6) is -1.97. The fraction of sp³-hybridized carbons (Fsp3) is 0.375. The summed E-state index contributed by atoms with van der Waals surface area (Å²) >= 11 is 0. The number of anilines is 1. The third kappa shape index (κ3) is 5.81. The lowest BCUT2D eigenvalue weighted by molar-refractivity contribution is -0.149. The molecule has 34 heavy (non-hydrogen) atoms. The number of esters is 2. The zero-order chi connectivity index (χ0) is 24.7. The smallest absolute Gasteiger partial charge is 0.338 e. The highest BCUT2D eigenvalue weighted by Gasteiger charge is 2.36.